The number of hydrogen-bond acceptors (Lipinski definition) is 3. The smallest absolute Gasteiger partial charge is 0.266 e. The van der Waals surface area contributed by atoms with E-state index in [4.69, 9.17) is 4.74 Å². The minimum Gasteiger partial charge on any atom is -0.494 e. The fraction of sp³-hybridized carbons (Fsp3) is 0.200. The number of nitrogens with zero attached hydrogens (tertiary/aromatic N) is 2. The summed E-state index contributed by atoms with van der Waals surface area (Å²) in [5, 5.41) is 12.4. The summed E-state index contributed by atoms with van der Waals surface area (Å²) in [7, 11) is 0. The topological polar surface area (TPSA) is 67.0 Å². The molecule has 1 heterocycles. The third-order valence-electron chi connectivity index (χ3n) is 4.83. The predicted molar refractivity (Wildman–Crippen MR) is 120 cm³/mol. The number of nitriles is 1. The Balaban J connectivity index is 1.88. The average Bonchev–Trinajstić information content (AvgIpc) is 3.00. The summed E-state index contributed by atoms with van der Waals surface area (Å²) in [5.41, 5.74) is 5.70. The third kappa shape index (κ3) is 4.61. The second kappa shape index (κ2) is 9.15. The molecule has 0 saturated heterocycles. The van der Waals surface area contributed by atoms with E-state index in [1.807, 2.05) is 39.0 Å². The Morgan fingerprint density at radius 2 is 1.87 bits per heavy atom. The number of amides is 1. The standard InChI is InChI=1S/C25H25N3O2/c1-5-30-24-8-6-7-22(15-24)27-25(29)21(16-26)14-20-13-18(3)28(19(20)4)23-11-9-17(2)10-12-23/h6-15H,5H2,1-4H3,(H,27,29)/b21-14+. The Morgan fingerprint density at radius 1 is 1.13 bits per heavy atom. The molecule has 0 saturated carbocycles. The van der Waals surface area contributed by atoms with Gasteiger partial charge in [-0.15, -0.1) is 0 Å². The van der Waals surface area contributed by atoms with Gasteiger partial charge in [-0.3, -0.25) is 4.79 Å². The fourth-order valence-corrected chi connectivity index (χ4v) is 3.36. The van der Waals surface area contributed by atoms with Crippen LogP contribution in [-0.2, 0) is 4.79 Å². The Labute approximate surface area is 177 Å². The van der Waals surface area contributed by atoms with E-state index in [2.05, 4.69) is 41.1 Å². The van der Waals surface area contributed by atoms with Gasteiger partial charge < -0.3 is 14.6 Å². The first-order chi connectivity index (χ1) is 14.4. The molecule has 0 atom stereocenters. The van der Waals surface area contributed by atoms with Crippen molar-refractivity contribution < 1.29 is 9.53 Å². The monoisotopic (exact) mass is 399 g/mol. The maximum Gasteiger partial charge on any atom is 0.266 e. The van der Waals surface area contributed by atoms with Crippen LogP contribution in [0.1, 0.15) is 29.4 Å². The van der Waals surface area contributed by atoms with Gasteiger partial charge in [-0.05, 0) is 69.7 Å². The Hall–Kier alpha value is -3.78. The molecular formula is C25H25N3O2. The van der Waals surface area contributed by atoms with Crippen molar-refractivity contribution in [2.45, 2.75) is 27.7 Å². The van der Waals surface area contributed by atoms with Gasteiger partial charge >= 0.3 is 0 Å². The first-order valence-corrected chi connectivity index (χ1v) is 9.85. The number of benzene rings is 2. The lowest BCUT2D eigenvalue weighted by molar-refractivity contribution is -0.112. The summed E-state index contributed by atoms with van der Waals surface area (Å²) in [6, 6.07) is 19.4. The van der Waals surface area contributed by atoms with E-state index in [0.717, 1.165) is 22.6 Å². The molecule has 1 N–H and O–H groups in total. The van der Waals surface area contributed by atoms with Crippen LogP contribution < -0.4 is 10.1 Å². The van der Waals surface area contributed by atoms with E-state index in [1.54, 1.807) is 24.3 Å². The number of anilines is 1. The van der Waals surface area contributed by atoms with Crippen molar-refractivity contribution in [2.24, 2.45) is 0 Å². The van der Waals surface area contributed by atoms with Crippen LogP contribution in [-0.4, -0.2) is 17.1 Å². The number of hydrogen-bond donors (Lipinski definition) is 1. The lowest BCUT2D eigenvalue weighted by Crippen LogP contribution is -2.13. The van der Waals surface area contributed by atoms with Crippen molar-refractivity contribution in [1.29, 1.82) is 5.26 Å². The normalized spacial score (nSPS) is 11.1. The van der Waals surface area contributed by atoms with Gasteiger partial charge in [-0.25, -0.2) is 0 Å². The van der Waals surface area contributed by atoms with Crippen molar-refractivity contribution in [3.8, 4) is 17.5 Å². The van der Waals surface area contributed by atoms with Gasteiger partial charge in [-0.1, -0.05) is 23.8 Å². The van der Waals surface area contributed by atoms with E-state index < -0.39 is 5.91 Å². The summed E-state index contributed by atoms with van der Waals surface area (Å²) >= 11 is 0. The first-order valence-electron chi connectivity index (χ1n) is 9.85. The molecule has 0 fully saturated rings. The largest absolute Gasteiger partial charge is 0.494 e. The SMILES string of the molecule is CCOc1cccc(NC(=O)/C(C#N)=C/c2cc(C)n(-c3ccc(C)cc3)c2C)c1. The lowest BCUT2D eigenvalue weighted by atomic mass is 10.1. The molecule has 0 aliphatic carbocycles. The molecule has 30 heavy (non-hydrogen) atoms. The number of ether oxygens (including phenoxy) is 1. The second-order valence-electron chi connectivity index (χ2n) is 7.08. The Kier molecular flexibility index (Phi) is 6.38. The molecule has 5 nitrogen and oxygen atoms in total. The van der Waals surface area contributed by atoms with Crippen molar-refractivity contribution in [3.63, 3.8) is 0 Å². The van der Waals surface area contributed by atoms with E-state index in [0.29, 0.717) is 18.0 Å². The highest BCUT2D eigenvalue weighted by atomic mass is 16.5. The molecule has 1 aromatic heterocycles. The van der Waals surface area contributed by atoms with Crippen molar-refractivity contribution in [3.05, 3.63) is 82.7 Å². The van der Waals surface area contributed by atoms with Crippen molar-refractivity contribution in [2.75, 3.05) is 11.9 Å². The van der Waals surface area contributed by atoms with Gasteiger partial charge in [0.25, 0.3) is 5.91 Å². The summed E-state index contributed by atoms with van der Waals surface area (Å²) in [6.07, 6.45) is 1.63. The van der Waals surface area contributed by atoms with Gasteiger partial charge in [0.1, 0.15) is 17.4 Å². The number of nitrogens with one attached hydrogen (secondary N) is 1. The Morgan fingerprint density at radius 3 is 2.53 bits per heavy atom. The van der Waals surface area contributed by atoms with Crippen LogP contribution in [0, 0.1) is 32.1 Å². The second-order valence-corrected chi connectivity index (χ2v) is 7.08. The molecule has 5 heteroatoms. The zero-order valence-electron chi connectivity index (χ0n) is 17.7. The van der Waals surface area contributed by atoms with E-state index in [1.165, 1.54) is 5.56 Å². The van der Waals surface area contributed by atoms with Crippen LogP contribution in [0.15, 0.2) is 60.2 Å². The van der Waals surface area contributed by atoms with Gasteiger partial charge in [0.2, 0.25) is 0 Å². The highest BCUT2D eigenvalue weighted by Crippen LogP contribution is 2.24. The molecule has 0 aliphatic rings. The zero-order chi connectivity index (χ0) is 21.7. The fourth-order valence-electron chi connectivity index (χ4n) is 3.36. The summed E-state index contributed by atoms with van der Waals surface area (Å²) in [6.45, 7) is 8.48. The zero-order valence-corrected chi connectivity index (χ0v) is 17.7. The number of carbonyl (C=O) groups excluding carboxylic acids is 1. The van der Waals surface area contributed by atoms with Gasteiger partial charge in [-0.2, -0.15) is 5.26 Å². The van der Waals surface area contributed by atoms with Crippen molar-refractivity contribution >= 4 is 17.7 Å². The minimum absolute atomic E-state index is 0.0426. The quantitative estimate of drug-likeness (QED) is 0.449. The molecule has 3 aromatic rings. The summed E-state index contributed by atoms with van der Waals surface area (Å²) < 4.78 is 7.57. The molecule has 3 rings (SSSR count). The third-order valence-corrected chi connectivity index (χ3v) is 4.83. The van der Waals surface area contributed by atoms with Gasteiger partial charge in [0, 0.05) is 28.8 Å². The lowest BCUT2D eigenvalue weighted by Gasteiger charge is -2.10. The van der Waals surface area contributed by atoms with E-state index >= 15 is 0 Å². The van der Waals surface area contributed by atoms with Crippen LogP contribution in [0.5, 0.6) is 5.75 Å². The molecule has 2 aromatic carbocycles. The van der Waals surface area contributed by atoms with Crippen LogP contribution in [0.3, 0.4) is 0 Å². The van der Waals surface area contributed by atoms with E-state index in [9.17, 15) is 10.1 Å². The number of aryl methyl sites for hydroxylation is 2. The highest BCUT2D eigenvalue weighted by molar-refractivity contribution is 6.09. The van der Waals surface area contributed by atoms with Crippen LogP contribution in [0.2, 0.25) is 0 Å². The molecule has 1 amide bonds. The van der Waals surface area contributed by atoms with Crippen LogP contribution >= 0.6 is 0 Å². The number of aromatic nitrogens is 1. The summed E-state index contributed by atoms with van der Waals surface area (Å²) in [4.78, 5) is 12.7. The van der Waals surface area contributed by atoms with E-state index in [-0.39, 0.29) is 5.57 Å². The molecule has 0 aliphatic heterocycles. The minimum atomic E-state index is -0.453. The van der Waals surface area contributed by atoms with Gasteiger partial charge in [0.05, 0.1) is 6.61 Å². The average molecular weight is 399 g/mol. The number of carbonyl (C=O) groups is 1. The van der Waals surface area contributed by atoms with Crippen LogP contribution in [0.4, 0.5) is 5.69 Å². The molecule has 0 unspecified atom stereocenters. The van der Waals surface area contributed by atoms with Crippen molar-refractivity contribution in [1.82, 2.24) is 4.57 Å². The highest BCUT2D eigenvalue weighted by Gasteiger charge is 2.14. The molecule has 152 valence electrons. The Bertz CT molecular complexity index is 1130. The molecule has 0 bridgehead atoms. The van der Waals surface area contributed by atoms with Crippen LogP contribution in [0.25, 0.3) is 11.8 Å². The number of rotatable bonds is 6. The molecular weight excluding hydrogens is 374 g/mol. The predicted octanol–water partition coefficient (Wildman–Crippen LogP) is 5.35. The maximum atomic E-state index is 12.7. The maximum absolute atomic E-state index is 12.7. The first kappa shape index (κ1) is 20.9. The molecule has 0 radical (unpaired) electrons. The summed E-state index contributed by atoms with van der Waals surface area (Å²) in [5.74, 6) is 0.214. The van der Waals surface area contributed by atoms with Gasteiger partial charge in [0.15, 0.2) is 0 Å². The molecule has 0 spiro atoms.